The van der Waals surface area contributed by atoms with Gasteiger partial charge < -0.3 is 5.32 Å². The number of aromatic nitrogens is 3. The molecule has 0 aromatic carbocycles. The lowest BCUT2D eigenvalue weighted by Gasteiger charge is -2.12. The van der Waals surface area contributed by atoms with E-state index in [-0.39, 0.29) is 0 Å². The first kappa shape index (κ1) is 13.2. The second-order valence-corrected chi connectivity index (χ2v) is 7.13. The molecule has 1 aliphatic carbocycles. The monoisotopic (exact) mass is 360 g/mol. The number of halogens is 1. The first-order chi connectivity index (χ1) is 10.3. The van der Waals surface area contributed by atoms with Crippen molar-refractivity contribution >= 4 is 49.0 Å². The van der Waals surface area contributed by atoms with Gasteiger partial charge in [0.25, 0.3) is 0 Å². The molecule has 4 rings (SSSR count). The molecule has 3 heterocycles. The maximum Gasteiger partial charge on any atom is 0.142 e. The van der Waals surface area contributed by atoms with Gasteiger partial charge in [-0.3, -0.25) is 4.98 Å². The number of nitrogens with zero attached hydrogens (tertiary/aromatic N) is 3. The van der Waals surface area contributed by atoms with E-state index in [9.17, 15) is 0 Å². The largest absolute Gasteiger partial charge is 0.338 e. The fourth-order valence-corrected chi connectivity index (χ4v) is 4.40. The number of aryl methyl sites for hydroxylation is 2. The number of fused-ring (bicyclic) bond motifs is 3. The highest BCUT2D eigenvalue weighted by Crippen LogP contribution is 2.38. The molecule has 0 radical (unpaired) electrons. The Morgan fingerprint density at radius 3 is 2.95 bits per heavy atom. The number of thiophene rings is 1. The first-order valence-corrected chi connectivity index (χ1v) is 8.55. The fraction of sp³-hybridized carbons (Fsp3) is 0.267. The Morgan fingerprint density at radius 2 is 2.05 bits per heavy atom. The van der Waals surface area contributed by atoms with Gasteiger partial charge in [-0.05, 0) is 53.2 Å². The SMILES string of the molecule is Brc1cncc(Nc2ncnc3sc4c(c23)CCCC4)c1. The molecule has 6 heteroatoms. The third kappa shape index (κ3) is 2.42. The van der Waals surface area contributed by atoms with Crippen LogP contribution in [-0.2, 0) is 12.8 Å². The zero-order chi connectivity index (χ0) is 14.2. The van der Waals surface area contributed by atoms with Crippen molar-refractivity contribution in [3.8, 4) is 0 Å². The lowest BCUT2D eigenvalue weighted by atomic mass is 9.97. The molecule has 0 unspecified atom stereocenters. The molecular formula is C15H13BrN4S. The predicted molar refractivity (Wildman–Crippen MR) is 89.3 cm³/mol. The van der Waals surface area contributed by atoms with Crippen LogP contribution >= 0.6 is 27.3 Å². The van der Waals surface area contributed by atoms with E-state index in [4.69, 9.17) is 0 Å². The highest BCUT2D eigenvalue weighted by molar-refractivity contribution is 9.10. The summed E-state index contributed by atoms with van der Waals surface area (Å²) in [6, 6.07) is 2.00. The van der Waals surface area contributed by atoms with Crippen molar-refractivity contribution in [1.82, 2.24) is 15.0 Å². The van der Waals surface area contributed by atoms with Crippen LogP contribution in [0.25, 0.3) is 10.2 Å². The molecule has 3 aromatic rings. The van der Waals surface area contributed by atoms with E-state index in [1.807, 2.05) is 17.4 Å². The van der Waals surface area contributed by atoms with E-state index in [2.05, 4.69) is 36.2 Å². The maximum atomic E-state index is 4.45. The Balaban J connectivity index is 1.83. The lowest BCUT2D eigenvalue weighted by molar-refractivity contribution is 0.700. The lowest BCUT2D eigenvalue weighted by Crippen LogP contribution is -2.01. The van der Waals surface area contributed by atoms with Crippen molar-refractivity contribution in [1.29, 1.82) is 0 Å². The Labute approximate surface area is 134 Å². The second-order valence-electron chi connectivity index (χ2n) is 5.13. The predicted octanol–water partition coefficient (Wildman–Crippen LogP) is 4.47. The van der Waals surface area contributed by atoms with E-state index in [0.29, 0.717) is 0 Å². The quantitative estimate of drug-likeness (QED) is 0.732. The molecule has 1 aliphatic rings. The molecule has 0 amide bonds. The van der Waals surface area contributed by atoms with Crippen molar-refractivity contribution in [3.05, 3.63) is 39.7 Å². The molecular weight excluding hydrogens is 348 g/mol. The van der Waals surface area contributed by atoms with Gasteiger partial charge in [-0.15, -0.1) is 11.3 Å². The highest BCUT2D eigenvalue weighted by atomic mass is 79.9. The molecule has 4 nitrogen and oxygen atoms in total. The normalized spacial score (nSPS) is 14.1. The molecule has 0 fully saturated rings. The minimum atomic E-state index is 0.888. The number of nitrogens with one attached hydrogen (secondary N) is 1. The van der Waals surface area contributed by atoms with Crippen LogP contribution in [0.4, 0.5) is 11.5 Å². The minimum Gasteiger partial charge on any atom is -0.338 e. The van der Waals surface area contributed by atoms with Gasteiger partial charge in [-0.2, -0.15) is 0 Å². The van der Waals surface area contributed by atoms with E-state index in [1.165, 1.54) is 35.1 Å². The standard InChI is InChI=1S/C15H13BrN4S/c16-9-5-10(7-17-6-9)20-14-13-11-3-1-2-4-12(11)21-15(13)19-8-18-14/h5-8H,1-4H2,(H,18,19,20). The van der Waals surface area contributed by atoms with E-state index < -0.39 is 0 Å². The van der Waals surface area contributed by atoms with Gasteiger partial charge >= 0.3 is 0 Å². The number of anilines is 2. The van der Waals surface area contributed by atoms with Crippen LogP contribution in [0.15, 0.2) is 29.3 Å². The van der Waals surface area contributed by atoms with E-state index >= 15 is 0 Å². The third-order valence-corrected chi connectivity index (χ3v) is 5.35. The van der Waals surface area contributed by atoms with Crippen molar-refractivity contribution < 1.29 is 0 Å². The smallest absolute Gasteiger partial charge is 0.142 e. The van der Waals surface area contributed by atoms with E-state index in [0.717, 1.165) is 27.2 Å². The van der Waals surface area contributed by atoms with Gasteiger partial charge in [-0.25, -0.2) is 9.97 Å². The van der Waals surface area contributed by atoms with Gasteiger partial charge in [0.05, 0.1) is 17.3 Å². The topological polar surface area (TPSA) is 50.7 Å². The van der Waals surface area contributed by atoms with Gasteiger partial charge in [0.1, 0.15) is 17.0 Å². The van der Waals surface area contributed by atoms with Crippen LogP contribution < -0.4 is 5.32 Å². The molecule has 0 atom stereocenters. The number of pyridine rings is 1. The molecule has 1 N–H and O–H groups in total. The van der Waals surface area contributed by atoms with Crippen LogP contribution in [0.5, 0.6) is 0 Å². The second kappa shape index (κ2) is 5.35. The Bertz CT molecular complexity index is 815. The average molecular weight is 361 g/mol. The van der Waals surface area contributed by atoms with Gasteiger partial charge in [0, 0.05) is 15.5 Å². The molecule has 3 aromatic heterocycles. The third-order valence-electron chi connectivity index (χ3n) is 3.72. The van der Waals surface area contributed by atoms with Gasteiger partial charge in [0.15, 0.2) is 0 Å². The summed E-state index contributed by atoms with van der Waals surface area (Å²) in [5.41, 5.74) is 2.37. The van der Waals surface area contributed by atoms with Crippen LogP contribution in [0, 0.1) is 0 Å². The van der Waals surface area contributed by atoms with E-state index in [1.54, 1.807) is 18.7 Å². The minimum absolute atomic E-state index is 0.888. The summed E-state index contributed by atoms with van der Waals surface area (Å²) in [7, 11) is 0. The van der Waals surface area contributed by atoms with Crippen LogP contribution in [-0.4, -0.2) is 15.0 Å². The molecule has 0 saturated heterocycles. The fourth-order valence-electron chi connectivity index (χ4n) is 2.80. The highest BCUT2D eigenvalue weighted by Gasteiger charge is 2.19. The van der Waals surface area contributed by atoms with Crippen molar-refractivity contribution in [3.63, 3.8) is 0 Å². The number of rotatable bonds is 2. The Hall–Kier alpha value is -1.53. The summed E-state index contributed by atoms with van der Waals surface area (Å²) in [4.78, 5) is 15.7. The Kier molecular flexibility index (Phi) is 3.35. The number of hydrogen-bond donors (Lipinski definition) is 1. The Morgan fingerprint density at radius 1 is 1.14 bits per heavy atom. The molecule has 0 aliphatic heterocycles. The van der Waals surface area contributed by atoms with Crippen molar-refractivity contribution in [2.75, 3.05) is 5.32 Å². The average Bonchev–Trinajstić information content (AvgIpc) is 2.87. The zero-order valence-electron chi connectivity index (χ0n) is 11.3. The van der Waals surface area contributed by atoms with Gasteiger partial charge in [0.2, 0.25) is 0 Å². The van der Waals surface area contributed by atoms with Crippen LogP contribution in [0.2, 0.25) is 0 Å². The zero-order valence-corrected chi connectivity index (χ0v) is 13.7. The molecule has 0 bridgehead atoms. The summed E-state index contributed by atoms with van der Waals surface area (Å²) >= 11 is 5.26. The number of hydrogen-bond acceptors (Lipinski definition) is 5. The summed E-state index contributed by atoms with van der Waals surface area (Å²) < 4.78 is 0.949. The molecule has 21 heavy (non-hydrogen) atoms. The summed E-state index contributed by atoms with van der Waals surface area (Å²) in [6.07, 6.45) is 10.1. The summed E-state index contributed by atoms with van der Waals surface area (Å²) in [5.74, 6) is 0.888. The first-order valence-electron chi connectivity index (χ1n) is 6.94. The summed E-state index contributed by atoms with van der Waals surface area (Å²) in [6.45, 7) is 0. The van der Waals surface area contributed by atoms with Crippen molar-refractivity contribution in [2.24, 2.45) is 0 Å². The van der Waals surface area contributed by atoms with Crippen LogP contribution in [0.1, 0.15) is 23.3 Å². The summed E-state index contributed by atoms with van der Waals surface area (Å²) in [5, 5.41) is 4.58. The van der Waals surface area contributed by atoms with Crippen molar-refractivity contribution in [2.45, 2.75) is 25.7 Å². The van der Waals surface area contributed by atoms with Gasteiger partial charge in [-0.1, -0.05) is 0 Å². The van der Waals surface area contributed by atoms with Crippen LogP contribution in [0.3, 0.4) is 0 Å². The maximum absolute atomic E-state index is 4.45. The molecule has 0 saturated carbocycles. The molecule has 106 valence electrons. The molecule has 0 spiro atoms.